The first-order valence-corrected chi connectivity index (χ1v) is 4.77. The number of aryl methyl sites for hydroxylation is 1. The fourth-order valence-electron chi connectivity index (χ4n) is 1.52. The summed E-state index contributed by atoms with van der Waals surface area (Å²) in [6, 6.07) is 4.33. The van der Waals surface area contributed by atoms with Crippen molar-refractivity contribution in [3.05, 3.63) is 53.4 Å². The molecule has 2 rings (SSSR count). The lowest BCUT2D eigenvalue weighted by Gasteiger charge is -2.09. The van der Waals surface area contributed by atoms with Gasteiger partial charge < -0.3 is 5.73 Å². The van der Waals surface area contributed by atoms with Crippen LogP contribution in [0.3, 0.4) is 0 Å². The third-order valence-electron chi connectivity index (χ3n) is 2.30. The number of hydrogen-bond donors (Lipinski definition) is 1. The molecule has 2 aromatic rings. The average molecular weight is 223 g/mol. The summed E-state index contributed by atoms with van der Waals surface area (Å²) in [5, 5.41) is 4.09. The smallest absolute Gasteiger partial charge is 0.126 e. The van der Waals surface area contributed by atoms with E-state index >= 15 is 0 Å². The molecule has 84 valence electrons. The normalized spacial score (nSPS) is 12.8. The summed E-state index contributed by atoms with van der Waals surface area (Å²) >= 11 is 0. The fraction of sp³-hybridized carbons (Fsp3) is 0.182. The minimum atomic E-state index is -0.638. The zero-order chi connectivity index (χ0) is 11.7. The van der Waals surface area contributed by atoms with Crippen LogP contribution in [0.1, 0.15) is 17.3 Å². The molecule has 1 aromatic heterocycles. The maximum absolute atomic E-state index is 13.0. The third-order valence-corrected chi connectivity index (χ3v) is 2.30. The van der Waals surface area contributed by atoms with Crippen molar-refractivity contribution in [3.8, 4) is 0 Å². The average Bonchev–Trinajstić information content (AvgIpc) is 2.62. The lowest BCUT2D eigenvalue weighted by molar-refractivity contribution is 0.576. The van der Waals surface area contributed by atoms with Gasteiger partial charge in [-0.25, -0.2) is 8.78 Å². The highest BCUT2D eigenvalue weighted by atomic mass is 19.1. The quantitative estimate of drug-likeness (QED) is 0.842. The van der Waals surface area contributed by atoms with Crippen LogP contribution in [0.15, 0.2) is 30.5 Å². The van der Waals surface area contributed by atoms with Gasteiger partial charge in [0, 0.05) is 19.3 Å². The van der Waals surface area contributed by atoms with Gasteiger partial charge in [0.25, 0.3) is 0 Å². The molecule has 0 saturated heterocycles. The Morgan fingerprint density at radius 1 is 1.25 bits per heavy atom. The van der Waals surface area contributed by atoms with E-state index in [1.807, 2.05) is 0 Å². The lowest BCUT2D eigenvalue weighted by atomic mass is 10.0. The van der Waals surface area contributed by atoms with Gasteiger partial charge in [0.2, 0.25) is 0 Å². The van der Waals surface area contributed by atoms with Crippen LogP contribution in [-0.2, 0) is 7.05 Å². The predicted molar refractivity (Wildman–Crippen MR) is 55.6 cm³/mol. The van der Waals surface area contributed by atoms with E-state index in [0.717, 1.165) is 6.07 Å². The fourth-order valence-corrected chi connectivity index (χ4v) is 1.52. The van der Waals surface area contributed by atoms with Crippen molar-refractivity contribution in [1.29, 1.82) is 0 Å². The molecule has 0 aliphatic carbocycles. The summed E-state index contributed by atoms with van der Waals surface area (Å²) in [5.41, 5.74) is 6.81. The molecule has 0 saturated carbocycles. The minimum absolute atomic E-state index is 0.371. The largest absolute Gasteiger partial charge is 0.319 e. The van der Waals surface area contributed by atoms with Gasteiger partial charge in [0.15, 0.2) is 0 Å². The van der Waals surface area contributed by atoms with Crippen molar-refractivity contribution in [1.82, 2.24) is 9.78 Å². The summed E-state index contributed by atoms with van der Waals surface area (Å²) in [4.78, 5) is 0. The Hall–Kier alpha value is -1.75. The van der Waals surface area contributed by atoms with Crippen LogP contribution in [-0.4, -0.2) is 9.78 Å². The SMILES string of the molecule is Cn1ccc(C(N)c2cc(F)cc(F)c2)n1. The minimum Gasteiger partial charge on any atom is -0.319 e. The highest BCUT2D eigenvalue weighted by Crippen LogP contribution is 2.19. The Kier molecular flexibility index (Phi) is 2.70. The molecule has 2 N–H and O–H groups in total. The van der Waals surface area contributed by atoms with Crippen molar-refractivity contribution in [2.45, 2.75) is 6.04 Å². The molecule has 3 nitrogen and oxygen atoms in total. The number of nitrogens with two attached hydrogens (primary N) is 1. The number of benzene rings is 1. The number of nitrogens with zero attached hydrogens (tertiary/aromatic N) is 2. The van der Waals surface area contributed by atoms with E-state index in [4.69, 9.17) is 5.73 Å². The Morgan fingerprint density at radius 2 is 1.88 bits per heavy atom. The molecule has 0 bridgehead atoms. The van der Waals surface area contributed by atoms with Gasteiger partial charge in [0.05, 0.1) is 11.7 Å². The van der Waals surface area contributed by atoms with E-state index in [-0.39, 0.29) is 0 Å². The third kappa shape index (κ3) is 2.09. The molecule has 0 aliphatic heterocycles. The summed E-state index contributed by atoms with van der Waals surface area (Å²) in [5.74, 6) is -1.28. The zero-order valence-corrected chi connectivity index (χ0v) is 8.69. The number of halogens is 2. The second kappa shape index (κ2) is 4.02. The summed E-state index contributed by atoms with van der Waals surface area (Å²) in [6.45, 7) is 0. The maximum Gasteiger partial charge on any atom is 0.126 e. The first kappa shape index (κ1) is 10.8. The van der Waals surface area contributed by atoms with Crippen LogP contribution < -0.4 is 5.73 Å². The molecular weight excluding hydrogens is 212 g/mol. The molecule has 1 aromatic carbocycles. The maximum atomic E-state index is 13.0. The van der Waals surface area contributed by atoms with E-state index in [2.05, 4.69) is 5.10 Å². The molecule has 5 heteroatoms. The van der Waals surface area contributed by atoms with Crippen molar-refractivity contribution in [2.24, 2.45) is 12.8 Å². The first-order chi connectivity index (χ1) is 7.56. The van der Waals surface area contributed by atoms with Crippen molar-refractivity contribution >= 4 is 0 Å². The van der Waals surface area contributed by atoms with Crippen LogP contribution in [0.2, 0.25) is 0 Å². The van der Waals surface area contributed by atoms with E-state index in [9.17, 15) is 8.78 Å². The Balaban J connectivity index is 2.37. The van der Waals surface area contributed by atoms with Crippen LogP contribution in [0.25, 0.3) is 0 Å². The van der Waals surface area contributed by atoms with Gasteiger partial charge in [-0.05, 0) is 23.8 Å². The molecular formula is C11H11F2N3. The number of rotatable bonds is 2. The van der Waals surface area contributed by atoms with Crippen molar-refractivity contribution in [2.75, 3.05) is 0 Å². The Morgan fingerprint density at radius 3 is 2.38 bits per heavy atom. The molecule has 16 heavy (non-hydrogen) atoms. The molecule has 0 aliphatic rings. The van der Waals surface area contributed by atoms with Crippen molar-refractivity contribution < 1.29 is 8.78 Å². The first-order valence-electron chi connectivity index (χ1n) is 4.77. The molecule has 0 amide bonds. The number of aromatic nitrogens is 2. The van der Waals surface area contributed by atoms with Crippen LogP contribution in [0.4, 0.5) is 8.78 Å². The van der Waals surface area contributed by atoms with Gasteiger partial charge >= 0.3 is 0 Å². The molecule has 1 atom stereocenters. The second-order valence-corrected chi connectivity index (χ2v) is 3.59. The highest BCUT2D eigenvalue weighted by molar-refractivity contribution is 5.27. The molecule has 0 fully saturated rings. The van der Waals surface area contributed by atoms with E-state index in [1.54, 1.807) is 24.0 Å². The summed E-state index contributed by atoms with van der Waals surface area (Å²) < 4.78 is 27.6. The van der Waals surface area contributed by atoms with Gasteiger partial charge in [-0.15, -0.1) is 0 Å². The van der Waals surface area contributed by atoms with E-state index in [0.29, 0.717) is 11.3 Å². The molecule has 0 spiro atoms. The Labute approximate surface area is 91.5 Å². The van der Waals surface area contributed by atoms with E-state index in [1.165, 1.54) is 12.1 Å². The van der Waals surface area contributed by atoms with Crippen LogP contribution in [0, 0.1) is 11.6 Å². The topological polar surface area (TPSA) is 43.8 Å². The van der Waals surface area contributed by atoms with Gasteiger partial charge in [-0.3, -0.25) is 4.68 Å². The molecule has 1 unspecified atom stereocenters. The highest BCUT2D eigenvalue weighted by Gasteiger charge is 2.13. The number of hydrogen-bond acceptors (Lipinski definition) is 2. The lowest BCUT2D eigenvalue weighted by Crippen LogP contribution is -2.13. The monoisotopic (exact) mass is 223 g/mol. The second-order valence-electron chi connectivity index (χ2n) is 3.59. The Bertz CT molecular complexity index is 487. The summed E-state index contributed by atoms with van der Waals surface area (Å²) in [6.07, 6.45) is 1.73. The van der Waals surface area contributed by atoms with Crippen molar-refractivity contribution in [3.63, 3.8) is 0 Å². The zero-order valence-electron chi connectivity index (χ0n) is 8.69. The predicted octanol–water partition coefficient (Wildman–Crippen LogP) is 1.75. The van der Waals surface area contributed by atoms with Crippen LogP contribution >= 0.6 is 0 Å². The van der Waals surface area contributed by atoms with Gasteiger partial charge in [-0.1, -0.05) is 0 Å². The van der Waals surface area contributed by atoms with Gasteiger partial charge in [0.1, 0.15) is 11.6 Å². The molecule has 1 heterocycles. The standard InChI is InChI=1S/C11H11F2N3/c1-16-3-2-10(15-16)11(14)7-4-8(12)6-9(13)5-7/h2-6,11H,14H2,1H3. The van der Waals surface area contributed by atoms with E-state index < -0.39 is 17.7 Å². The summed E-state index contributed by atoms with van der Waals surface area (Å²) in [7, 11) is 1.75. The van der Waals surface area contributed by atoms with Gasteiger partial charge in [-0.2, -0.15) is 5.10 Å². The molecule has 0 radical (unpaired) electrons. The van der Waals surface area contributed by atoms with Crippen LogP contribution in [0.5, 0.6) is 0 Å².